The minimum absolute atomic E-state index is 0.369. The summed E-state index contributed by atoms with van der Waals surface area (Å²) in [5.74, 6) is 1.23. The number of nitrogens with zero attached hydrogens (tertiary/aromatic N) is 3. The molecule has 3 rings (SSSR count). The van der Waals surface area contributed by atoms with Crippen LogP contribution in [0.15, 0.2) is 41.4 Å². The van der Waals surface area contributed by atoms with Gasteiger partial charge >= 0.3 is 0 Å². The largest absolute Gasteiger partial charge is 0.306 e. The smallest absolute Gasteiger partial charge is 0.0991 e. The van der Waals surface area contributed by atoms with Gasteiger partial charge in [-0.1, -0.05) is 19.9 Å². The van der Waals surface area contributed by atoms with Crippen LogP contribution < -0.4 is 0 Å². The summed E-state index contributed by atoms with van der Waals surface area (Å²) in [5, 5.41) is 0. The van der Waals surface area contributed by atoms with Crippen LogP contribution >= 0.6 is 0 Å². The van der Waals surface area contributed by atoms with Crippen molar-refractivity contribution in [2.75, 3.05) is 0 Å². The SMILES string of the molecule is CC1=C(n2ccnc2)C=CC2N=C(C(C)C)CC2C1. The van der Waals surface area contributed by atoms with Crippen molar-refractivity contribution in [2.45, 2.75) is 39.7 Å². The zero-order valence-corrected chi connectivity index (χ0v) is 11.9. The molecule has 100 valence electrons. The lowest BCUT2D eigenvalue weighted by molar-refractivity contribution is 0.521. The van der Waals surface area contributed by atoms with Crippen molar-refractivity contribution in [3.8, 4) is 0 Å². The van der Waals surface area contributed by atoms with Gasteiger partial charge in [0, 0.05) is 23.8 Å². The molecule has 2 heterocycles. The van der Waals surface area contributed by atoms with E-state index < -0.39 is 0 Å². The Morgan fingerprint density at radius 2 is 2.16 bits per heavy atom. The topological polar surface area (TPSA) is 30.2 Å². The van der Waals surface area contributed by atoms with Crippen molar-refractivity contribution >= 4 is 11.4 Å². The first-order chi connectivity index (χ1) is 9.15. The fourth-order valence-electron chi connectivity index (χ4n) is 3.05. The van der Waals surface area contributed by atoms with E-state index in [1.807, 2.05) is 18.7 Å². The fourth-order valence-corrected chi connectivity index (χ4v) is 3.05. The Balaban J connectivity index is 1.89. The Labute approximate surface area is 114 Å². The summed E-state index contributed by atoms with van der Waals surface area (Å²) in [5.41, 5.74) is 4.08. The van der Waals surface area contributed by atoms with Crippen LogP contribution in [0.5, 0.6) is 0 Å². The van der Waals surface area contributed by atoms with Gasteiger partial charge in [0.15, 0.2) is 0 Å². The summed E-state index contributed by atoms with van der Waals surface area (Å²) in [6, 6.07) is 0.369. The highest BCUT2D eigenvalue weighted by atomic mass is 15.0. The Bertz CT molecular complexity index is 547. The minimum Gasteiger partial charge on any atom is -0.306 e. The maximum Gasteiger partial charge on any atom is 0.0991 e. The Hall–Kier alpha value is -1.64. The normalized spacial score (nSPS) is 26.6. The highest BCUT2D eigenvalue weighted by Crippen LogP contribution is 2.35. The first kappa shape index (κ1) is 12.4. The van der Waals surface area contributed by atoms with E-state index in [0.717, 1.165) is 12.8 Å². The van der Waals surface area contributed by atoms with Gasteiger partial charge in [-0.2, -0.15) is 0 Å². The molecule has 1 aliphatic carbocycles. The minimum atomic E-state index is 0.369. The Kier molecular flexibility index (Phi) is 3.13. The summed E-state index contributed by atoms with van der Waals surface area (Å²) in [4.78, 5) is 9.04. The third-order valence-corrected chi connectivity index (χ3v) is 4.18. The predicted octanol–water partition coefficient (Wildman–Crippen LogP) is 3.56. The van der Waals surface area contributed by atoms with Crippen molar-refractivity contribution in [3.63, 3.8) is 0 Å². The number of aliphatic imine (C=N–C) groups is 1. The fraction of sp³-hybridized carbons (Fsp3) is 0.500. The maximum atomic E-state index is 4.90. The van der Waals surface area contributed by atoms with E-state index in [4.69, 9.17) is 4.99 Å². The average Bonchev–Trinajstić information content (AvgIpc) is 2.98. The summed E-state index contributed by atoms with van der Waals surface area (Å²) in [6.07, 6.45) is 12.5. The first-order valence-electron chi connectivity index (χ1n) is 7.08. The molecule has 2 unspecified atom stereocenters. The molecule has 0 amide bonds. The van der Waals surface area contributed by atoms with Crippen molar-refractivity contribution in [3.05, 3.63) is 36.4 Å². The van der Waals surface area contributed by atoms with Gasteiger partial charge in [0.2, 0.25) is 0 Å². The van der Waals surface area contributed by atoms with E-state index in [2.05, 4.69) is 42.5 Å². The number of fused-ring (bicyclic) bond motifs is 1. The van der Waals surface area contributed by atoms with Crippen LogP contribution in [-0.4, -0.2) is 21.3 Å². The van der Waals surface area contributed by atoms with Crippen molar-refractivity contribution in [2.24, 2.45) is 16.8 Å². The summed E-state index contributed by atoms with van der Waals surface area (Å²) >= 11 is 0. The molecule has 1 aliphatic heterocycles. The van der Waals surface area contributed by atoms with Crippen LogP contribution in [-0.2, 0) is 0 Å². The molecule has 0 fully saturated rings. The van der Waals surface area contributed by atoms with E-state index in [-0.39, 0.29) is 0 Å². The second-order valence-corrected chi connectivity index (χ2v) is 5.93. The van der Waals surface area contributed by atoms with Gasteiger partial charge in [-0.25, -0.2) is 4.98 Å². The highest BCUT2D eigenvalue weighted by Gasteiger charge is 2.30. The predicted molar refractivity (Wildman–Crippen MR) is 79.0 cm³/mol. The summed E-state index contributed by atoms with van der Waals surface area (Å²) in [7, 11) is 0. The molecule has 0 radical (unpaired) electrons. The molecule has 0 bridgehead atoms. The molecule has 1 aromatic rings. The Morgan fingerprint density at radius 1 is 1.32 bits per heavy atom. The third-order valence-electron chi connectivity index (χ3n) is 4.18. The molecule has 3 nitrogen and oxygen atoms in total. The molecule has 2 aliphatic rings. The molecule has 0 spiro atoms. The van der Waals surface area contributed by atoms with Gasteiger partial charge in [-0.05, 0) is 43.3 Å². The molecule has 1 aromatic heterocycles. The third kappa shape index (κ3) is 2.29. The molecule has 0 aromatic carbocycles. The molecule has 2 atom stereocenters. The molecular formula is C16H21N3. The highest BCUT2D eigenvalue weighted by molar-refractivity contribution is 5.88. The first-order valence-corrected chi connectivity index (χ1v) is 7.08. The molecule has 19 heavy (non-hydrogen) atoms. The van der Waals surface area contributed by atoms with E-state index in [9.17, 15) is 0 Å². The van der Waals surface area contributed by atoms with Crippen LogP contribution in [0, 0.1) is 11.8 Å². The molecule has 3 heteroatoms. The van der Waals surface area contributed by atoms with Gasteiger partial charge in [-0.3, -0.25) is 4.99 Å². The zero-order chi connectivity index (χ0) is 13.4. The lowest BCUT2D eigenvalue weighted by Crippen LogP contribution is -2.11. The summed E-state index contributed by atoms with van der Waals surface area (Å²) in [6.45, 7) is 6.72. The van der Waals surface area contributed by atoms with Gasteiger partial charge in [0.25, 0.3) is 0 Å². The maximum absolute atomic E-state index is 4.90. The number of hydrogen-bond donors (Lipinski definition) is 0. The average molecular weight is 255 g/mol. The Morgan fingerprint density at radius 3 is 2.84 bits per heavy atom. The second kappa shape index (κ2) is 4.80. The monoisotopic (exact) mass is 255 g/mol. The van der Waals surface area contributed by atoms with E-state index in [1.165, 1.54) is 17.0 Å². The number of aromatic nitrogens is 2. The van der Waals surface area contributed by atoms with Crippen LogP contribution in [0.25, 0.3) is 5.70 Å². The van der Waals surface area contributed by atoms with E-state index in [1.54, 1.807) is 0 Å². The van der Waals surface area contributed by atoms with Crippen LogP contribution in [0.1, 0.15) is 33.6 Å². The molecule has 0 saturated heterocycles. The van der Waals surface area contributed by atoms with E-state index in [0.29, 0.717) is 17.9 Å². The van der Waals surface area contributed by atoms with E-state index >= 15 is 0 Å². The second-order valence-electron chi connectivity index (χ2n) is 5.93. The lowest BCUT2D eigenvalue weighted by Gasteiger charge is -2.14. The van der Waals surface area contributed by atoms with Crippen molar-refractivity contribution < 1.29 is 0 Å². The van der Waals surface area contributed by atoms with Gasteiger partial charge in [0.1, 0.15) is 0 Å². The van der Waals surface area contributed by atoms with Gasteiger partial charge in [-0.15, -0.1) is 0 Å². The van der Waals surface area contributed by atoms with Crippen molar-refractivity contribution in [1.29, 1.82) is 0 Å². The van der Waals surface area contributed by atoms with Gasteiger partial charge < -0.3 is 4.57 Å². The number of rotatable bonds is 2. The zero-order valence-electron chi connectivity index (χ0n) is 11.9. The van der Waals surface area contributed by atoms with Crippen LogP contribution in [0.2, 0.25) is 0 Å². The van der Waals surface area contributed by atoms with Crippen molar-refractivity contribution in [1.82, 2.24) is 9.55 Å². The van der Waals surface area contributed by atoms with Gasteiger partial charge in [0.05, 0.1) is 12.4 Å². The molecule has 0 N–H and O–H groups in total. The standard InChI is InChI=1S/C16H21N3/c1-11(2)15-9-13-8-12(3)16(5-4-14(13)18-15)19-7-6-17-10-19/h4-7,10-11,13-14H,8-9H2,1-3H3. The van der Waals surface area contributed by atoms with Crippen LogP contribution in [0.4, 0.5) is 0 Å². The molecular weight excluding hydrogens is 234 g/mol. The number of hydrogen-bond acceptors (Lipinski definition) is 2. The lowest BCUT2D eigenvalue weighted by atomic mass is 9.90. The summed E-state index contributed by atoms with van der Waals surface area (Å²) < 4.78 is 2.10. The van der Waals surface area contributed by atoms with Crippen LogP contribution in [0.3, 0.4) is 0 Å². The quantitative estimate of drug-likeness (QED) is 0.794. The number of imidazole rings is 1. The molecule has 0 saturated carbocycles. The number of allylic oxidation sites excluding steroid dienone is 3.